The lowest BCUT2D eigenvalue weighted by Gasteiger charge is -2.35. The van der Waals surface area contributed by atoms with Gasteiger partial charge in [0, 0.05) is 23.6 Å². The van der Waals surface area contributed by atoms with Gasteiger partial charge in [0.25, 0.3) is 5.91 Å². The Hall–Kier alpha value is -0.720. The predicted octanol–water partition coefficient (Wildman–Crippen LogP) is 3.75. The molecule has 1 aromatic rings. The predicted molar refractivity (Wildman–Crippen MR) is 91.0 cm³/mol. The van der Waals surface area contributed by atoms with Crippen molar-refractivity contribution in [3.05, 3.63) is 33.8 Å². The van der Waals surface area contributed by atoms with Crippen molar-refractivity contribution in [2.75, 3.05) is 19.6 Å². The third kappa shape index (κ3) is 4.03. The molecule has 3 rings (SSSR count). The Kier molecular flexibility index (Phi) is 6.40. The fourth-order valence-corrected chi connectivity index (χ4v) is 3.93. The minimum atomic E-state index is -0.809. The Labute approximate surface area is 149 Å². The van der Waals surface area contributed by atoms with Gasteiger partial charge in [0.2, 0.25) is 0 Å². The number of likely N-dealkylation sites (tertiary alicyclic amines) is 1. The molecule has 0 bridgehead atoms. The molecule has 3 nitrogen and oxygen atoms in total. The smallest absolute Gasteiger partial charge is 0.259 e. The van der Waals surface area contributed by atoms with Gasteiger partial charge in [-0.15, -0.1) is 12.4 Å². The van der Waals surface area contributed by atoms with Crippen LogP contribution >= 0.6 is 28.3 Å². The van der Waals surface area contributed by atoms with Crippen molar-refractivity contribution in [1.82, 2.24) is 10.2 Å². The molecule has 0 spiro atoms. The third-order valence-electron chi connectivity index (χ3n) is 4.72. The van der Waals surface area contributed by atoms with Crippen molar-refractivity contribution < 1.29 is 13.6 Å². The van der Waals surface area contributed by atoms with Crippen LogP contribution in [0, 0.1) is 17.6 Å². The number of carbonyl (C=O) groups excluding carboxylic acids is 1. The Morgan fingerprint density at radius 3 is 2.30 bits per heavy atom. The summed E-state index contributed by atoms with van der Waals surface area (Å²) in [5.74, 6) is -1.60. The first kappa shape index (κ1) is 18.6. The molecule has 1 atom stereocenters. The number of carbonyl (C=O) groups is 1. The van der Waals surface area contributed by atoms with Crippen molar-refractivity contribution in [2.45, 2.75) is 31.7 Å². The summed E-state index contributed by atoms with van der Waals surface area (Å²) in [5.41, 5.74) is -0.444. The van der Waals surface area contributed by atoms with E-state index in [2.05, 4.69) is 21.2 Å². The number of rotatable bonds is 2. The lowest BCUT2D eigenvalue weighted by Crippen LogP contribution is -2.43. The maximum Gasteiger partial charge on any atom is 0.259 e. The zero-order valence-corrected chi connectivity index (χ0v) is 15.1. The largest absolute Gasteiger partial charge is 0.338 e. The van der Waals surface area contributed by atoms with Crippen LogP contribution in [0.15, 0.2) is 16.6 Å². The number of piperidine rings is 1. The highest BCUT2D eigenvalue weighted by Crippen LogP contribution is 2.27. The fraction of sp³-hybridized carbons (Fsp3) is 0.562. The number of hydrogen-bond acceptors (Lipinski definition) is 2. The molecule has 23 heavy (non-hydrogen) atoms. The first-order valence-electron chi connectivity index (χ1n) is 7.73. The molecule has 0 aliphatic carbocycles. The molecule has 1 unspecified atom stereocenters. The van der Waals surface area contributed by atoms with Crippen molar-refractivity contribution in [3.8, 4) is 0 Å². The number of hydrogen-bond donors (Lipinski definition) is 1. The summed E-state index contributed by atoms with van der Waals surface area (Å²) in [4.78, 5) is 14.0. The van der Waals surface area contributed by atoms with Crippen LogP contribution in [-0.4, -0.2) is 36.5 Å². The Bertz CT molecular complexity index is 550. The molecule has 0 radical (unpaired) electrons. The average molecular weight is 410 g/mol. The van der Waals surface area contributed by atoms with Crippen LogP contribution in [-0.2, 0) is 0 Å². The van der Waals surface area contributed by atoms with E-state index in [-0.39, 0.29) is 12.4 Å². The monoisotopic (exact) mass is 408 g/mol. The molecule has 1 N–H and O–H groups in total. The maximum absolute atomic E-state index is 13.9. The second-order valence-electron chi connectivity index (χ2n) is 6.08. The van der Waals surface area contributed by atoms with Gasteiger partial charge in [0.1, 0.15) is 17.2 Å². The molecule has 0 aromatic heterocycles. The Balaban J connectivity index is 0.00000192. The van der Waals surface area contributed by atoms with Crippen LogP contribution in [0.25, 0.3) is 0 Å². The van der Waals surface area contributed by atoms with E-state index in [0.717, 1.165) is 31.5 Å². The molecule has 2 fully saturated rings. The van der Waals surface area contributed by atoms with Crippen LogP contribution in [0.3, 0.4) is 0 Å². The second-order valence-corrected chi connectivity index (χ2v) is 6.99. The van der Waals surface area contributed by atoms with Gasteiger partial charge >= 0.3 is 0 Å². The highest BCUT2D eigenvalue weighted by atomic mass is 79.9. The summed E-state index contributed by atoms with van der Waals surface area (Å²) in [6.07, 6.45) is 4.18. The van der Waals surface area contributed by atoms with E-state index >= 15 is 0 Å². The van der Waals surface area contributed by atoms with E-state index in [1.165, 1.54) is 12.8 Å². The lowest BCUT2D eigenvalue weighted by molar-refractivity contribution is 0.0664. The zero-order valence-electron chi connectivity index (χ0n) is 12.7. The van der Waals surface area contributed by atoms with E-state index in [4.69, 9.17) is 0 Å². The van der Waals surface area contributed by atoms with Crippen LogP contribution in [0.2, 0.25) is 0 Å². The van der Waals surface area contributed by atoms with Gasteiger partial charge in [-0.25, -0.2) is 8.78 Å². The van der Waals surface area contributed by atoms with Gasteiger partial charge in [0.15, 0.2) is 0 Å². The molecule has 2 aliphatic heterocycles. The van der Waals surface area contributed by atoms with Gasteiger partial charge < -0.3 is 10.2 Å². The standard InChI is InChI=1S/C16H19BrF2N2O.ClH/c17-11-8-12(18)15(13(19)9-11)16(22)21-6-3-10(4-7-21)14-2-1-5-20-14;/h8-10,14,20H,1-7H2;1H. The first-order valence-corrected chi connectivity index (χ1v) is 8.53. The van der Waals surface area contributed by atoms with Gasteiger partial charge in [0.05, 0.1) is 0 Å². The highest BCUT2D eigenvalue weighted by molar-refractivity contribution is 9.10. The molecular formula is C16H20BrClF2N2O. The molecular weight excluding hydrogens is 390 g/mol. The van der Waals surface area contributed by atoms with Gasteiger partial charge in [-0.2, -0.15) is 0 Å². The van der Waals surface area contributed by atoms with Gasteiger partial charge in [-0.05, 0) is 50.3 Å². The number of benzene rings is 1. The minimum Gasteiger partial charge on any atom is -0.338 e. The quantitative estimate of drug-likeness (QED) is 0.807. The van der Waals surface area contributed by atoms with Crippen molar-refractivity contribution in [3.63, 3.8) is 0 Å². The van der Waals surface area contributed by atoms with Gasteiger partial charge in [-0.1, -0.05) is 15.9 Å². The SMILES string of the molecule is Cl.O=C(c1c(F)cc(Br)cc1F)N1CCC(C2CCCN2)CC1. The van der Waals surface area contributed by atoms with Crippen molar-refractivity contribution >= 4 is 34.2 Å². The van der Waals surface area contributed by atoms with E-state index in [1.807, 2.05) is 0 Å². The molecule has 0 saturated carbocycles. The van der Waals surface area contributed by atoms with Crippen molar-refractivity contribution in [2.24, 2.45) is 5.92 Å². The summed E-state index contributed by atoms with van der Waals surface area (Å²) >= 11 is 3.03. The molecule has 2 heterocycles. The molecule has 7 heteroatoms. The topological polar surface area (TPSA) is 32.3 Å². The highest BCUT2D eigenvalue weighted by Gasteiger charge is 2.31. The Morgan fingerprint density at radius 2 is 1.78 bits per heavy atom. The van der Waals surface area contributed by atoms with Gasteiger partial charge in [-0.3, -0.25) is 4.79 Å². The molecule has 2 aliphatic rings. The second kappa shape index (κ2) is 7.90. The summed E-state index contributed by atoms with van der Waals surface area (Å²) < 4.78 is 28.1. The molecule has 1 amide bonds. The summed E-state index contributed by atoms with van der Waals surface area (Å²) in [5, 5.41) is 3.50. The number of amides is 1. The van der Waals surface area contributed by atoms with Crippen LogP contribution in [0.5, 0.6) is 0 Å². The maximum atomic E-state index is 13.9. The summed E-state index contributed by atoms with van der Waals surface area (Å²) in [7, 11) is 0. The Morgan fingerprint density at radius 1 is 1.17 bits per heavy atom. The number of nitrogens with one attached hydrogen (secondary N) is 1. The van der Waals surface area contributed by atoms with E-state index in [9.17, 15) is 13.6 Å². The molecule has 128 valence electrons. The van der Waals surface area contributed by atoms with E-state index in [0.29, 0.717) is 29.5 Å². The van der Waals surface area contributed by atoms with E-state index < -0.39 is 23.1 Å². The fourth-order valence-electron chi connectivity index (χ4n) is 3.52. The minimum absolute atomic E-state index is 0. The lowest BCUT2D eigenvalue weighted by atomic mass is 9.88. The summed E-state index contributed by atoms with van der Waals surface area (Å²) in [6.45, 7) is 2.20. The van der Waals surface area contributed by atoms with Crippen molar-refractivity contribution in [1.29, 1.82) is 0 Å². The number of nitrogens with zero attached hydrogens (tertiary/aromatic N) is 1. The molecule has 2 saturated heterocycles. The normalized spacial score (nSPS) is 22.0. The molecule has 1 aromatic carbocycles. The first-order chi connectivity index (χ1) is 10.6. The van der Waals surface area contributed by atoms with Crippen LogP contribution in [0.4, 0.5) is 8.78 Å². The van der Waals surface area contributed by atoms with E-state index in [1.54, 1.807) is 4.90 Å². The number of halogens is 4. The van der Waals surface area contributed by atoms with Crippen LogP contribution < -0.4 is 5.32 Å². The summed E-state index contributed by atoms with van der Waals surface area (Å²) in [6, 6.07) is 2.80. The zero-order chi connectivity index (χ0) is 15.7. The third-order valence-corrected chi connectivity index (χ3v) is 5.17. The van der Waals surface area contributed by atoms with Crippen LogP contribution in [0.1, 0.15) is 36.0 Å². The average Bonchev–Trinajstić information content (AvgIpc) is 3.00.